The monoisotopic (exact) mass is 407 g/mol. The molecule has 3 heterocycles. The summed E-state index contributed by atoms with van der Waals surface area (Å²) in [4.78, 5) is 5.48. The third kappa shape index (κ3) is 4.28. The Balaban J connectivity index is 1.70. The van der Waals surface area contributed by atoms with Gasteiger partial charge in [-0.1, -0.05) is 0 Å². The molecule has 27 heavy (non-hydrogen) atoms. The van der Waals surface area contributed by atoms with Gasteiger partial charge in [-0.05, 0) is 38.8 Å². The predicted molar refractivity (Wildman–Crippen MR) is 92.7 cm³/mol. The van der Waals surface area contributed by atoms with E-state index in [9.17, 15) is 21.6 Å². The van der Waals surface area contributed by atoms with Crippen molar-refractivity contribution in [3.8, 4) is 0 Å². The fourth-order valence-electron chi connectivity index (χ4n) is 3.69. The minimum atomic E-state index is -4.60. The summed E-state index contributed by atoms with van der Waals surface area (Å²) < 4.78 is 71.0. The molecule has 0 N–H and O–H groups in total. The van der Waals surface area contributed by atoms with Crippen LogP contribution < -0.4 is 0 Å². The summed E-state index contributed by atoms with van der Waals surface area (Å²) in [5.41, 5.74) is -1.23. The van der Waals surface area contributed by atoms with E-state index in [-0.39, 0.29) is 22.7 Å². The number of sulfonamides is 1. The molecule has 2 unspecified atom stereocenters. The highest BCUT2D eigenvalue weighted by Gasteiger charge is 2.36. The molecule has 6 nitrogen and oxygen atoms in total. The number of ether oxygens (including phenoxy) is 1. The number of nitrogens with zero attached hydrogens (tertiary/aromatic N) is 3. The molecule has 0 amide bonds. The first kappa shape index (κ1) is 20.5. The van der Waals surface area contributed by atoms with Crippen molar-refractivity contribution >= 4 is 10.0 Å². The van der Waals surface area contributed by atoms with Gasteiger partial charge >= 0.3 is 6.18 Å². The van der Waals surface area contributed by atoms with Gasteiger partial charge in [0.05, 0.1) is 11.8 Å². The fourth-order valence-corrected chi connectivity index (χ4v) is 5.27. The molecule has 2 saturated heterocycles. The Bertz CT molecular complexity index is 771. The maximum atomic E-state index is 12.9. The molecule has 0 aromatic carbocycles. The highest BCUT2D eigenvalue weighted by atomic mass is 32.2. The van der Waals surface area contributed by atoms with Gasteiger partial charge in [-0.2, -0.15) is 17.5 Å². The van der Waals surface area contributed by atoms with Crippen molar-refractivity contribution in [2.45, 2.75) is 49.9 Å². The van der Waals surface area contributed by atoms with Crippen molar-refractivity contribution in [1.82, 2.24) is 14.2 Å². The van der Waals surface area contributed by atoms with Gasteiger partial charge in [0.15, 0.2) is 0 Å². The van der Waals surface area contributed by atoms with Crippen LogP contribution >= 0.6 is 0 Å². The van der Waals surface area contributed by atoms with Gasteiger partial charge in [-0.25, -0.2) is 13.4 Å². The smallest absolute Gasteiger partial charge is 0.377 e. The van der Waals surface area contributed by atoms with E-state index >= 15 is 0 Å². The van der Waals surface area contributed by atoms with E-state index in [1.165, 1.54) is 11.2 Å². The third-order valence-corrected chi connectivity index (χ3v) is 7.33. The topological polar surface area (TPSA) is 62.7 Å². The quantitative estimate of drug-likeness (QED) is 0.766. The second kappa shape index (κ2) is 7.65. The van der Waals surface area contributed by atoms with Crippen LogP contribution in [0.2, 0.25) is 0 Å². The summed E-state index contributed by atoms with van der Waals surface area (Å²) >= 11 is 0. The van der Waals surface area contributed by atoms with Gasteiger partial charge in [0.2, 0.25) is 10.0 Å². The number of pyridine rings is 1. The van der Waals surface area contributed by atoms with Crippen molar-refractivity contribution in [2.24, 2.45) is 0 Å². The third-order valence-electron chi connectivity index (χ3n) is 5.30. The molecule has 2 atom stereocenters. The van der Waals surface area contributed by atoms with Crippen molar-refractivity contribution < 1.29 is 26.3 Å². The van der Waals surface area contributed by atoms with E-state index in [1.54, 1.807) is 0 Å². The molecule has 1 aromatic heterocycles. The maximum Gasteiger partial charge on any atom is 0.433 e. The van der Waals surface area contributed by atoms with Crippen LogP contribution in [0.25, 0.3) is 0 Å². The SMILES string of the molecule is Cc1nc(C(F)(F)F)ccc1S(=O)(=O)N1CCN(C(C)C2CCCO2)CC1. The van der Waals surface area contributed by atoms with E-state index in [0.29, 0.717) is 26.2 Å². The summed E-state index contributed by atoms with van der Waals surface area (Å²) in [5, 5.41) is 0. The van der Waals surface area contributed by atoms with Gasteiger partial charge in [-0.15, -0.1) is 0 Å². The molecular formula is C17H24F3N3O3S. The number of alkyl halides is 3. The molecule has 2 fully saturated rings. The highest BCUT2D eigenvalue weighted by molar-refractivity contribution is 7.89. The summed E-state index contributed by atoms with van der Waals surface area (Å²) in [6.07, 6.45) is -2.37. The second-order valence-corrected chi connectivity index (χ2v) is 8.92. The van der Waals surface area contributed by atoms with Gasteiger partial charge < -0.3 is 4.74 Å². The van der Waals surface area contributed by atoms with E-state index in [0.717, 1.165) is 31.6 Å². The Morgan fingerprint density at radius 3 is 2.41 bits per heavy atom. The van der Waals surface area contributed by atoms with Gasteiger partial charge in [0.25, 0.3) is 0 Å². The largest absolute Gasteiger partial charge is 0.433 e. The number of hydrogen-bond acceptors (Lipinski definition) is 5. The summed E-state index contributed by atoms with van der Waals surface area (Å²) in [5.74, 6) is 0. The normalized spacial score (nSPS) is 24.3. The molecule has 0 saturated carbocycles. The van der Waals surface area contributed by atoms with Crippen LogP contribution in [0.3, 0.4) is 0 Å². The number of aryl methyl sites for hydroxylation is 1. The number of piperazine rings is 1. The lowest BCUT2D eigenvalue weighted by atomic mass is 10.1. The Morgan fingerprint density at radius 2 is 1.89 bits per heavy atom. The number of halogens is 3. The summed E-state index contributed by atoms with van der Waals surface area (Å²) in [6, 6.07) is 1.93. The first-order chi connectivity index (χ1) is 12.6. The lowest BCUT2D eigenvalue weighted by Crippen LogP contribution is -2.53. The van der Waals surface area contributed by atoms with Gasteiger partial charge in [-0.3, -0.25) is 4.90 Å². The average molecular weight is 407 g/mol. The molecule has 152 valence electrons. The van der Waals surface area contributed by atoms with E-state index in [2.05, 4.69) is 16.8 Å². The lowest BCUT2D eigenvalue weighted by Gasteiger charge is -2.39. The van der Waals surface area contributed by atoms with Crippen LogP contribution in [0.5, 0.6) is 0 Å². The molecular weight excluding hydrogens is 383 g/mol. The first-order valence-corrected chi connectivity index (χ1v) is 10.5. The molecule has 2 aliphatic heterocycles. The lowest BCUT2D eigenvalue weighted by molar-refractivity contribution is -0.141. The Kier molecular flexibility index (Phi) is 5.81. The van der Waals surface area contributed by atoms with Crippen molar-refractivity contribution in [3.63, 3.8) is 0 Å². The van der Waals surface area contributed by atoms with E-state index < -0.39 is 21.9 Å². The molecule has 1 aromatic rings. The van der Waals surface area contributed by atoms with Gasteiger partial charge in [0, 0.05) is 38.8 Å². The molecule has 3 rings (SSSR count). The molecule has 10 heteroatoms. The summed E-state index contributed by atoms with van der Waals surface area (Å²) in [6.45, 7) is 5.85. The Labute approximate surface area is 157 Å². The average Bonchev–Trinajstić information content (AvgIpc) is 3.14. The number of hydrogen-bond donors (Lipinski definition) is 0. The van der Waals surface area contributed by atoms with Crippen LogP contribution in [-0.2, 0) is 20.9 Å². The highest BCUT2D eigenvalue weighted by Crippen LogP contribution is 2.30. The van der Waals surface area contributed by atoms with Crippen molar-refractivity contribution in [3.05, 3.63) is 23.5 Å². The Hall–Kier alpha value is -1.23. The van der Waals surface area contributed by atoms with Crippen molar-refractivity contribution in [2.75, 3.05) is 32.8 Å². The predicted octanol–water partition coefficient (Wildman–Crippen LogP) is 2.28. The van der Waals surface area contributed by atoms with Crippen molar-refractivity contribution in [1.29, 1.82) is 0 Å². The minimum absolute atomic E-state index is 0.139. The Morgan fingerprint density at radius 1 is 1.22 bits per heavy atom. The molecule has 0 aliphatic carbocycles. The zero-order valence-corrected chi connectivity index (χ0v) is 16.2. The fraction of sp³-hybridized carbons (Fsp3) is 0.706. The van der Waals surface area contributed by atoms with E-state index in [4.69, 9.17) is 4.74 Å². The van der Waals surface area contributed by atoms with Crippen LogP contribution in [0.15, 0.2) is 17.0 Å². The van der Waals surface area contributed by atoms with Crippen LogP contribution in [0.1, 0.15) is 31.2 Å². The maximum absolute atomic E-state index is 12.9. The number of rotatable bonds is 4. The number of aromatic nitrogens is 1. The van der Waals surface area contributed by atoms with Crippen LogP contribution in [-0.4, -0.2) is 67.5 Å². The standard InChI is InChI=1S/C17H24F3N3O3S/c1-12-15(5-6-16(21-12)17(18,19)20)27(24,25)23-9-7-22(8-10-23)13(2)14-4-3-11-26-14/h5-6,13-14H,3-4,7-11H2,1-2H3. The zero-order valence-electron chi connectivity index (χ0n) is 15.4. The molecule has 0 spiro atoms. The summed E-state index contributed by atoms with van der Waals surface area (Å²) in [7, 11) is -3.88. The molecule has 2 aliphatic rings. The zero-order chi connectivity index (χ0) is 19.8. The van der Waals surface area contributed by atoms with Crippen LogP contribution in [0.4, 0.5) is 13.2 Å². The van der Waals surface area contributed by atoms with Crippen LogP contribution in [0, 0.1) is 6.92 Å². The van der Waals surface area contributed by atoms with Gasteiger partial charge in [0.1, 0.15) is 10.6 Å². The molecule has 0 radical (unpaired) electrons. The first-order valence-electron chi connectivity index (χ1n) is 9.01. The minimum Gasteiger partial charge on any atom is -0.377 e. The molecule has 0 bridgehead atoms. The second-order valence-electron chi connectivity index (χ2n) is 7.01. The van der Waals surface area contributed by atoms with E-state index in [1.807, 2.05) is 0 Å².